The first-order valence-corrected chi connectivity index (χ1v) is 13.4. The zero-order valence-corrected chi connectivity index (χ0v) is 21.2. The van der Waals surface area contributed by atoms with Crippen LogP contribution in [0, 0.1) is 5.92 Å². The maximum Gasteiger partial charge on any atom is 0.258 e. The molecule has 4 atom stereocenters. The Morgan fingerprint density at radius 2 is 2.00 bits per heavy atom. The number of hydrogen-bond acceptors (Lipinski definition) is 7. The van der Waals surface area contributed by atoms with Crippen molar-refractivity contribution < 1.29 is 27.8 Å². The van der Waals surface area contributed by atoms with E-state index in [0.29, 0.717) is 25.4 Å². The molecule has 2 rings (SSSR count). The number of ether oxygens (including phenoxy) is 2. The number of carbonyl (C=O) groups excluding carboxylic acids is 1. The number of sulfonamides is 1. The third-order valence-corrected chi connectivity index (χ3v) is 6.37. The molecule has 1 aromatic rings. The highest BCUT2D eigenvalue weighted by molar-refractivity contribution is 7.92. The molecule has 0 bridgehead atoms. The number of amides is 1. The number of likely N-dealkylation sites (N-methyl/N-ethyl adjacent to an activating group) is 1. The first-order chi connectivity index (χ1) is 15.6. The molecule has 188 valence electrons. The third kappa shape index (κ3) is 8.44. The van der Waals surface area contributed by atoms with Gasteiger partial charge in [-0.25, -0.2) is 8.42 Å². The van der Waals surface area contributed by atoms with Gasteiger partial charge in [-0.3, -0.25) is 9.52 Å². The maximum atomic E-state index is 13.7. The highest BCUT2D eigenvalue weighted by Crippen LogP contribution is 2.28. The van der Waals surface area contributed by atoms with Crippen molar-refractivity contribution in [2.45, 2.75) is 58.3 Å². The van der Waals surface area contributed by atoms with Crippen molar-refractivity contribution in [2.75, 3.05) is 44.3 Å². The summed E-state index contributed by atoms with van der Waals surface area (Å²) in [5.41, 5.74) is 0.536. The van der Waals surface area contributed by atoms with Crippen molar-refractivity contribution in [3.05, 3.63) is 23.8 Å². The van der Waals surface area contributed by atoms with Gasteiger partial charge in [-0.05, 0) is 58.4 Å². The first-order valence-electron chi connectivity index (χ1n) is 11.5. The highest BCUT2D eigenvalue weighted by atomic mass is 32.2. The monoisotopic (exact) mass is 485 g/mol. The molecule has 3 N–H and O–H groups in total. The lowest BCUT2D eigenvalue weighted by Gasteiger charge is -2.34. The summed E-state index contributed by atoms with van der Waals surface area (Å²) < 4.78 is 38.2. The molecule has 1 heterocycles. The molecule has 0 radical (unpaired) electrons. The van der Waals surface area contributed by atoms with Gasteiger partial charge >= 0.3 is 0 Å². The van der Waals surface area contributed by atoms with E-state index >= 15 is 0 Å². The topological polar surface area (TPSA) is 117 Å². The molecule has 0 unspecified atom stereocenters. The van der Waals surface area contributed by atoms with Gasteiger partial charge in [0.05, 0.1) is 36.7 Å². The first kappa shape index (κ1) is 27.4. The van der Waals surface area contributed by atoms with E-state index in [0.717, 1.165) is 25.5 Å². The molecule has 9 nitrogen and oxygen atoms in total. The number of anilines is 1. The van der Waals surface area contributed by atoms with Crippen molar-refractivity contribution >= 4 is 21.6 Å². The molecular weight excluding hydrogens is 446 g/mol. The van der Waals surface area contributed by atoms with Crippen LogP contribution in [0.2, 0.25) is 0 Å². The average Bonchev–Trinajstić information content (AvgIpc) is 2.74. The van der Waals surface area contributed by atoms with E-state index in [1.54, 1.807) is 24.0 Å². The van der Waals surface area contributed by atoms with E-state index < -0.39 is 16.1 Å². The number of benzene rings is 1. The van der Waals surface area contributed by atoms with Gasteiger partial charge in [0.1, 0.15) is 5.75 Å². The Bertz CT molecular complexity index is 879. The summed E-state index contributed by atoms with van der Waals surface area (Å²) in [4.78, 5) is 15.4. The SMILES string of the molecule is CNC[C@@H]1OCCCC[C@H](C)Oc2ccc(NS(C)(=O)=O)cc2C(=O)N([C@H](C)CO)C[C@@H]1C. The van der Waals surface area contributed by atoms with Crippen LogP contribution in [0.5, 0.6) is 5.75 Å². The quantitative estimate of drug-likeness (QED) is 0.565. The van der Waals surface area contributed by atoms with Gasteiger partial charge in [-0.1, -0.05) is 6.92 Å². The van der Waals surface area contributed by atoms with Crippen molar-refractivity contribution in [1.82, 2.24) is 10.2 Å². The molecule has 1 aliphatic heterocycles. The van der Waals surface area contributed by atoms with Crippen LogP contribution in [-0.4, -0.2) is 82.2 Å². The summed E-state index contributed by atoms with van der Waals surface area (Å²) in [6, 6.07) is 4.27. The number of rotatable bonds is 6. The molecule has 1 aliphatic rings. The van der Waals surface area contributed by atoms with Crippen LogP contribution in [0.15, 0.2) is 18.2 Å². The molecule has 33 heavy (non-hydrogen) atoms. The molecule has 0 spiro atoms. The maximum absolute atomic E-state index is 13.7. The summed E-state index contributed by atoms with van der Waals surface area (Å²) >= 11 is 0. The second-order valence-corrected chi connectivity index (χ2v) is 10.7. The molecule has 0 aromatic heterocycles. The Morgan fingerprint density at radius 1 is 1.27 bits per heavy atom. The Labute approximate surface area is 197 Å². The molecule has 1 aromatic carbocycles. The van der Waals surface area contributed by atoms with E-state index in [1.165, 1.54) is 6.07 Å². The van der Waals surface area contributed by atoms with E-state index in [2.05, 4.69) is 10.0 Å². The molecule has 0 fully saturated rings. The lowest BCUT2D eigenvalue weighted by Crippen LogP contribution is -2.47. The fraction of sp³-hybridized carbons (Fsp3) is 0.696. The number of aliphatic hydroxyl groups is 1. The van der Waals surface area contributed by atoms with Gasteiger partial charge in [0.2, 0.25) is 10.0 Å². The highest BCUT2D eigenvalue weighted by Gasteiger charge is 2.29. The minimum absolute atomic E-state index is 0.000963. The second kappa shape index (κ2) is 12.5. The van der Waals surface area contributed by atoms with Crippen LogP contribution in [-0.2, 0) is 14.8 Å². The summed E-state index contributed by atoms with van der Waals surface area (Å²) in [5.74, 6) is 0.0661. The van der Waals surface area contributed by atoms with Crippen molar-refractivity contribution in [2.24, 2.45) is 5.92 Å². The summed E-state index contributed by atoms with van der Waals surface area (Å²) in [6.07, 6.45) is 3.45. The summed E-state index contributed by atoms with van der Waals surface area (Å²) in [7, 11) is -1.65. The fourth-order valence-corrected chi connectivity index (χ4v) is 4.45. The zero-order chi connectivity index (χ0) is 24.6. The van der Waals surface area contributed by atoms with Gasteiger partial charge in [0.25, 0.3) is 5.91 Å². The van der Waals surface area contributed by atoms with E-state index in [9.17, 15) is 18.3 Å². The number of nitrogens with one attached hydrogen (secondary N) is 2. The smallest absolute Gasteiger partial charge is 0.258 e. The average molecular weight is 486 g/mol. The summed E-state index contributed by atoms with van der Waals surface area (Å²) in [6.45, 7) is 7.20. The van der Waals surface area contributed by atoms with E-state index in [4.69, 9.17) is 9.47 Å². The van der Waals surface area contributed by atoms with E-state index in [-0.39, 0.29) is 41.9 Å². The Kier molecular flexibility index (Phi) is 10.4. The van der Waals surface area contributed by atoms with E-state index in [1.807, 2.05) is 20.9 Å². The zero-order valence-electron chi connectivity index (χ0n) is 20.3. The number of aliphatic hydroxyl groups excluding tert-OH is 1. The molecule has 0 aliphatic carbocycles. The third-order valence-electron chi connectivity index (χ3n) is 5.76. The van der Waals surface area contributed by atoms with Crippen LogP contribution in [0.3, 0.4) is 0 Å². The number of fused-ring (bicyclic) bond motifs is 1. The largest absolute Gasteiger partial charge is 0.490 e. The van der Waals surface area contributed by atoms with Crippen molar-refractivity contribution in [1.29, 1.82) is 0 Å². The predicted octanol–water partition coefficient (Wildman–Crippen LogP) is 2.07. The minimum atomic E-state index is -3.52. The number of hydrogen-bond donors (Lipinski definition) is 3. The van der Waals surface area contributed by atoms with Crippen molar-refractivity contribution in [3.63, 3.8) is 0 Å². The molecule has 0 saturated carbocycles. The van der Waals surface area contributed by atoms with Gasteiger partial charge in [0, 0.05) is 31.3 Å². The standard InChI is InChI=1S/C23H39N3O6S/c1-16-14-26(17(2)15-27)23(28)20-12-19(25-33(5,29)30)9-10-21(20)32-18(3)8-6-7-11-31-22(16)13-24-4/h9-10,12,16-18,22,24-25,27H,6-8,11,13-15H2,1-5H3/t16-,17+,18-,22-/m0/s1. The Hall–Kier alpha value is -1.88. The Morgan fingerprint density at radius 3 is 2.64 bits per heavy atom. The molecule has 1 amide bonds. The predicted molar refractivity (Wildman–Crippen MR) is 129 cm³/mol. The van der Waals surface area contributed by atoms with Crippen LogP contribution >= 0.6 is 0 Å². The molecule has 10 heteroatoms. The van der Waals surface area contributed by atoms with Gasteiger partial charge in [-0.2, -0.15) is 0 Å². The van der Waals surface area contributed by atoms with Gasteiger partial charge in [0.15, 0.2) is 0 Å². The van der Waals surface area contributed by atoms with Crippen LogP contribution < -0.4 is 14.8 Å². The van der Waals surface area contributed by atoms with Crippen LogP contribution in [0.25, 0.3) is 0 Å². The van der Waals surface area contributed by atoms with Crippen LogP contribution in [0.4, 0.5) is 5.69 Å². The minimum Gasteiger partial charge on any atom is -0.490 e. The Balaban J connectivity index is 2.51. The molecule has 0 saturated heterocycles. The number of nitrogens with zero attached hydrogens (tertiary/aromatic N) is 1. The normalized spacial score (nSPS) is 24.4. The van der Waals surface area contributed by atoms with Gasteiger partial charge in [-0.15, -0.1) is 0 Å². The second-order valence-electron chi connectivity index (χ2n) is 8.94. The fourth-order valence-electron chi connectivity index (χ4n) is 3.89. The van der Waals surface area contributed by atoms with Crippen molar-refractivity contribution in [3.8, 4) is 5.75 Å². The van der Waals surface area contributed by atoms with Gasteiger partial charge < -0.3 is 24.8 Å². The number of carbonyl (C=O) groups is 1. The lowest BCUT2D eigenvalue weighted by atomic mass is 10.0. The molecular formula is C23H39N3O6S. The van der Waals surface area contributed by atoms with Crippen LogP contribution in [0.1, 0.15) is 50.4 Å². The lowest BCUT2D eigenvalue weighted by molar-refractivity contribution is -0.000450. The summed E-state index contributed by atoms with van der Waals surface area (Å²) in [5, 5.41) is 13.0.